The maximum absolute atomic E-state index is 5.83. The fourth-order valence-corrected chi connectivity index (χ4v) is 1.98. The fourth-order valence-electron chi connectivity index (χ4n) is 1.48. The molecule has 0 fully saturated rings. The summed E-state index contributed by atoms with van der Waals surface area (Å²) >= 11 is 9.27. The van der Waals surface area contributed by atoms with Crippen LogP contribution in [-0.2, 0) is 5.33 Å². The van der Waals surface area contributed by atoms with Crippen molar-refractivity contribution >= 4 is 39.7 Å². The summed E-state index contributed by atoms with van der Waals surface area (Å²) in [5.41, 5.74) is 3.64. The SMILES string of the molecule is Clc1ccc(/C=C/c2ccc(CBr)cc2)cc1. The number of hydrogen-bond acceptors (Lipinski definition) is 0. The van der Waals surface area contributed by atoms with Crippen molar-refractivity contribution < 1.29 is 0 Å². The summed E-state index contributed by atoms with van der Waals surface area (Å²) in [6, 6.07) is 16.3. The van der Waals surface area contributed by atoms with Crippen LogP contribution in [-0.4, -0.2) is 0 Å². The molecule has 0 spiro atoms. The zero-order valence-corrected chi connectivity index (χ0v) is 11.6. The molecule has 0 aromatic heterocycles. The molecular weight excluding hydrogens is 296 g/mol. The van der Waals surface area contributed by atoms with Crippen molar-refractivity contribution in [2.45, 2.75) is 5.33 Å². The van der Waals surface area contributed by atoms with Crippen molar-refractivity contribution in [3.05, 3.63) is 70.2 Å². The summed E-state index contributed by atoms with van der Waals surface area (Å²) in [6.07, 6.45) is 4.18. The van der Waals surface area contributed by atoms with E-state index < -0.39 is 0 Å². The maximum Gasteiger partial charge on any atom is 0.0406 e. The zero-order chi connectivity index (χ0) is 12.1. The smallest absolute Gasteiger partial charge is 0.0406 e. The van der Waals surface area contributed by atoms with Gasteiger partial charge in [0.15, 0.2) is 0 Å². The first kappa shape index (κ1) is 12.4. The van der Waals surface area contributed by atoms with E-state index in [0.717, 1.165) is 15.9 Å². The Morgan fingerprint density at radius 1 is 0.824 bits per heavy atom. The quantitative estimate of drug-likeness (QED) is 0.526. The van der Waals surface area contributed by atoms with Crippen molar-refractivity contribution in [1.29, 1.82) is 0 Å². The van der Waals surface area contributed by atoms with E-state index in [1.165, 1.54) is 11.1 Å². The third-order valence-electron chi connectivity index (χ3n) is 2.47. The lowest BCUT2D eigenvalue weighted by atomic mass is 10.1. The van der Waals surface area contributed by atoms with Crippen molar-refractivity contribution in [1.82, 2.24) is 0 Å². The highest BCUT2D eigenvalue weighted by Gasteiger charge is 1.91. The van der Waals surface area contributed by atoms with E-state index in [0.29, 0.717) is 0 Å². The van der Waals surface area contributed by atoms with Crippen LogP contribution in [0.5, 0.6) is 0 Å². The molecule has 0 bridgehead atoms. The molecule has 0 amide bonds. The van der Waals surface area contributed by atoms with Crippen LogP contribution in [0.3, 0.4) is 0 Å². The molecule has 0 unspecified atom stereocenters. The predicted octanol–water partition coefficient (Wildman–Crippen LogP) is 5.41. The first-order valence-corrected chi connectivity index (χ1v) is 6.86. The largest absolute Gasteiger partial charge is 0.0876 e. The average molecular weight is 308 g/mol. The molecule has 0 aliphatic rings. The standard InChI is InChI=1S/C15H12BrCl/c16-11-14-5-3-12(4-6-14)1-2-13-7-9-15(17)10-8-13/h1-10H,11H2/b2-1+. The summed E-state index contributed by atoms with van der Waals surface area (Å²) in [5, 5.41) is 1.66. The molecule has 2 rings (SSSR count). The highest BCUT2D eigenvalue weighted by molar-refractivity contribution is 9.08. The fraction of sp³-hybridized carbons (Fsp3) is 0.0667. The molecule has 2 aromatic rings. The second-order valence-electron chi connectivity index (χ2n) is 3.76. The van der Waals surface area contributed by atoms with Crippen LogP contribution in [0.4, 0.5) is 0 Å². The third kappa shape index (κ3) is 3.72. The van der Waals surface area contributed by atoms with Crippen LogP contribution in [0.15, 0.2) is 48.5 Å². The minimum Gasteiger partial charge on any atom is -0.0876 e. The predicted molar refractivity (Wildman–Crippen MR) is 79.5 cm³/mol. The van der Waals surface area contributed by atoms with E-state index in [1.807, 2.05) is 24.3 Å². The lowest BCUT2D eigenvalue weighted by molar-refractivity contribution is 1.43. The third-order valence-corrected chi connectivity index (χ3v) is 3.37. The van der Waals surface area contributed by atoms with Gasteiger partial charge in [-0.2, -0.15) is 0 Å². The van der Waals surface area contributed by atoms with Gasteiger partial charge in [-0.05, 0) is 28.8 Å². The van der Waals surface area contributed by atoms with Gasteiger partial charge in [0, 0.05) is 10.4 Å². The highest BCUT2D eigenvalue weighted by Crippen LogP contribution is 2.13. The normalized spacial score (nSPS) is 10.9. The number of halogens is 2. The van der Waals surface area contributed by atoms with Crippen LogP contribution < -0.4 is 0 Å². The number of rotatable bonds is 3. The van der Waals surface area contributed by atoms with Crippen LogP contribution in [0.1, 0.15) is 16.7 Å². The molecule has 0 saturated heterocycles. The van der Waals surface area contributed by atoms with Crippen molar-refractivity contribution in [2.75, 3.05) is 0 Å². The molecule has 2 heteroatoms. The van der Waals surface area contributed by atoms with Gasteiger partial charge < -0.3 is 0 Å². The molecule has 0 saturated carbocycles. The van der Waals surface area contributed by atoms with E-state index in [2.05, 4.69) is 52.3 Å². The van der Waals surface area contributed by atoms with Gasteiger partial charge in [-0.1, -0.05) is 76.1 Å². The van der Waals surface area contributed by atoms with E-state index in [9.17, 15) is 0 Å². The molecule has 2 aromatic carbocycles. The summed E-state index contributed by atoms with van der Waals surface area (Å²) in [5.74, 6) is 0. The van der Waals surface area contributed by atoms with Gasteiger partial charge in [-0.15, -0.1) is 0 Å². The lowest BCUT2D eigenvalue weighted by Crippen LogP contribution is -1.77. The molecule has 17 heavy (non-hydrogen) atoms. The minimum atomic E-state index is 0.767. The molecular formula is C15H12BrCl. The van der Waals surface area contributed by atoms with Gasteiger partial charge in [-0.25, -0.2) is 0 Å². The number of benzene rings is 2. The monoisotopic (exact) mass is 306 g/mol. The lowest BCUT2D eigenvalue weighted by Gasteiger charge is -1.97. The molecule has 0 N–H and O–H groups in total. The van der Waals surface area contributed by atoms with E-state index >= 15 is 0 Å². The first-order valence-electron chi connectivity index (χ1n) is 5.36. The Morgan fingerprint density at radius 3 is 1.76 bits per heavy atom. The second-order valence-corrected chi connectivity index (χ2v) is 4.76. The molecule has 0 heterocycles. The van der Waals surface area contributed by atoms with E-state index in [4.69, 9.17) is 11.6 Å². The molecule has 0 nitrogen and oxygen atoms in total. The Kier molecular flexibility index (Phi) is 4.41. The van der Waals surface area contributed by atoms with Crippen molar-refractivity contribution in [3.8, 4) is 0 Å². The van der Waals surface area contributed by atoms with Crippen molar-refractivity contribution in [3.63, 3.8) is 0 Å². The van der Waals surface area contributed by atoms with Gasteiger partial charge in [-0.3, -0.25) is 0 Å². The number of alkyl halides is 1. The first-order chi connectivity index (χ1) is 8.28. The highest BCUT2D eigenvalue weighted by atomic mass is 79.9. The van der Waals surface area contributed by atoms with E-state index in [1.54, 1.807) is 0 Å². The Morgan fingerprint density at radius 2 is 1.29 bits per heavy atom. The second kappa shape index (κ2) is 6.04. The summed E-state index contributed by atoms with van der Waals surface area (Å²) in [4.78, 5) is 0. The zero-order valence-electron chi connectivity index (χ0n) is 9.24. The maximum atomic E-state index is 5.83. The van der Waals surface area contributed by atoms with Gasteiger partial charge in [0.1, 0.15) is 0 Å². The van der Waals surface area contributed by atoms with Crippen LogP contribution in [0.25, 0.3) is 12.2 Å². The van der Waals surface area contributed by atoms with Gasteiger partial charge in [0.2, 0.25) is 0 Å². The number of hydrogen-bond donors (Lipinski definition) is 0. The molecule has 0 aliphatic carbocycles. The van der Waals surface area contributed by atoms with E-state index in [-0.39, 0.29) is 0 Å². The van der Waals surface area contributed by atoms with Gasteiger partial charge >= 0.3 is 0 Å². The van der Waals surface area contributed by atoms with Crippen LogP contribution >= 0.6 is 27.5 Å². The van der Waals surface area contributed by atoms with Gasteiger partial charge in [0.05, 0.1) is 0 Å². The van der Waals surface area contributed by atoms with Crippen LogP contribution in [0, 0.1) is 0 Å². The summed E-state index contributed by atoms with van der Waals surface area (Å²) in [6.45, 7) is 0. The summed E-state index contributed by atoms with van der Waals surface area (Å²) < 4.78 is 0. The molecule has 0 atom stereocenters. The average Bonchev–Trinajstić information content (AvgIpc) is 2.39. The van der Waals surface area contributed by atoms with Crippen molar-refractivity contribution in [2.24, 2.45) is 0 Å². The molecule has 86 valence electrons. The Hall–Kier alpha value is -1.05. The van der Waals surface area contributed by atoms with Crippen LogP contribution in [0.2, 0.25) is 5.02 Å². The summed E-state index contributed by atoms with van der Waals surface area (Å²) in [7, 11) is 0. The Bertz CT molecular complexity index is 497. The van der Waals surface area contributed by atoms with Gasteiger partial charge in [0.25, 0.3) is 0 Å². The molecule has 0 aliphatic heterocycles. The topological polar surface area (TPSA) is 0 Å². The molecule has 0 radical (unpaired) electrons. The Balaban J connectivity index is 2.11. The minimum absolute atomic E-state index is 0.767. The Labute approximate surface area is 115 Å².